The highest BCUT2D eigenvalue weighted by Gasteiger charge is 1.97. The third kappa shape index (κ3) is 3.69. The van der Waals surface area contributed by atoms with Crippen molar-refractivity contribution in [2.75, 3.05) is 6.54 Å². The molecule has 0 aromatic rings. The molecule has 0 fully saturated rings. The first-order valence-corrected chi connectivity index (χ1v) is 4.22. The van der Waals surface area contributed by atoms with Gasteiger partial charge in [-0.05, 0) is 30.6 Å². The average molecular weight is 181 g/mol. The van der Waals surface area contributed by atoms with E-state index in [-0.39, 0.29) is 5.83 Å². The fraction of sp³-hybridized carbons (Fsp3) is 0.300. The van der Waals surface area contributed by atoms with Crippen LogP contribution >= 0.6 is 0 Å². The Balaban J connectivity index is 2.39. The molecule has 0 spiro atoms. The summed E-state index contributed by atoms with van der Waals surface area (Å²) in [5.41, 5.74) is 1.05. The number of hydrogen-bond acceptors (Lipinski definition) is 1. The SMILES string of the molecule is O=CNCCC1=CCC=C(F)C=C1. The molecule has 13 heavy (non-hydrogen) atoms. The van der Waals surface area contributed by atoms with Gasteiger partial charge in [0, 0.05) is 6.54 Å². The lowest BCUT2D eigenvalue weighted by atomic mass is 10.1. The van der Waals surface area contributed by atoms with Gasteiger partial charge in [-0.3, -0.25) is 4.79 Å². The Morgan fingerprint density at radius 3 is 3.08 bits per heavy atom. The summed E-state index contributed by atoms with van der Waals surface area (Å²) in [6.45, 7) is 0.599. The maximum absolute atomic E-state index is 12.7. The molecule has 0 radical (unpaired) electrons. The molecule has 2 nitrogen and oxygen atoms in total. The lowest BCUT2D eigenvalue weighted by Crippen LogP contribution is -2.12. The maximum atomic E-state index is 12.7. The molecule has 70 valence electrons. The molecule has 1 rings (SSSR count). The molecule has 0 heterocycles. The number of carbonyl (C=O) groups excluding carboxylic acids is 1. The second kappa shape index (κ2) is 5.30. The second-order valence-corrected chi connectivity index (χ2v) is 2.76. The highest BCUT2D eigenvalue weighted by molar-refractivity contribution is 5.46. The van der Waals surface area contributed by atoms with Crippen molar-refractivity contribution in [1.29, 1.82) is 0 Å². The van der Waals surface area contributed by atoms with Gasteiger partial charge in [0.1, 0.15) is 5.83 Å². The van der Waals surface area contributed by atoms with Crippen LogP contribution in [0.15, 0.2) is 35.7 Å². The Hall–Kier alpha value is -1.38. The van der Waals surface area contributed by atoms with Crippen molar-refractivity contribution in [3.63, 3.8) is 0 Å². The Morgan fingerprint density at radius 2 is 2.31 bits per heavy atom. The van der Waals surface area contributed by atoms with Crippen LogP contribution in [-0.2, 0) is 4.79 Å². The van der Waals surface area contributed by atoms with Gasteiger partial charge >= 0.3 is 0 Å². The lowest BCUT2D eigenvalue weighted by Gasteiger charge is -1.99. The molecule has 3 heteroatoms. The minimum Gasteiger partial charge on any atom is -0.358 e. The topological polar surface area (TPSA) is 29.1 Å². The van der Waals surface area contributed by atoms with Crippen LogP contribution in [0.5, 0.6) is 0 Å². The van der Waals surface area contributed by atoms with Crippen LogP contribution < -0.4 is 5.32 Å². The average Bonchev–Trinajstić information content (AvgIpc) is 2.32. The second-order valence-electron chi connectivity index (χ2n) is 2.76. The van der Waals surface area contributed by atoms with Gasteiger partial charge in [-0.1, -0.05) is 12.2 Å². The van der Waals surface area contributed by atoms with Crippen molar-refractivity contribution in [2.45, 2.75) is 12.8 Å². The van der Waals surface area contributed by atoms with E-state index in [9.17, 15) is 9.18 Å². The van der Waals surface area contributed by atoms with E-state index < -0.39 is 0 Å². The van der Waals surface area contributed by atoms with Crippen molar-refractivity contribution in [1.82, 2.24) is 5.32 Å². The smallest absolute Gasteiger partial charge is 0.207 e. The van der Waals surface area contributed by atoms with Crippen molar-refractivity contribution in [3.05, 3.63) is 35.7 Å². The number of allylic oxidation sites excluding steroid dienone is 5. The summed E-state index contributed by atoms with van der Waals surface area (Å²) in [7, 11) is 0. The Morgan fingerprint density at radius 1 is 1.46 bits per heavy atom. The van der Waals surface area contributed by atoms with Gasteiger partial charge in [-0.25, -0.2) is 4.39 Å². The quantitative estimate of drug-likeness (QED) is 0.520. The predicted octanol–water partition coefficient (Wildman–Crippen LogP) is 1.86. The van der Waals surface area contributed by atoms with Gasteiger partial charge in [-0.2, -0.15) is 0 Å². The van der Waals surface area contributed by atoms with Crippen molar-refractivity contribution in [2.24, 2.45) is 0 Å². The van der Waals surface area contributed by atoms with Crippen LogP contribution in [-0.4, -0.2) is 13.0 Å². The summed E-state index contributed by atoms with van der Waals surface area (Å²) in [4.78, 5) is 9.95. The molecule has 1 aliphatic rings. The Bertz CT molecular complexity index is 266. The van der Waals surface area contributed by atoms with E-state index >= 15 is 0 Å². The van der Waals surface area contributed by atoms with Gasteiger partial charge in [0.05, 0.1) is 0 Å². The molecule has 0 atom stereocenters. The summed E-state index contributed by atoms with van der Waals surface area (Å²) in [5, 5.41) is 2.56. The fourth-order valence-electron chi connectivity index (χ4n) is 1.11. The molecular weight excluding hydrogens is 169 g/mol. The molecule has 0 aromatic heterocycles. The van der Waals surface area contributed by atoms with E-state index in [1.54, 1.807) is 6.08 Å². The highest BCUT2D eigenvalue weighted by Crippen LogP contribution is 2.13. The van der Waals surface area contributed by atoms with Crippen LogP contribution in [0.2, 0.25) is 0 Å². The van der Waals surface area contributed by atoms with E-state index in [0.29, 0.717) is 19.4 Å². The molecule has 1 aliphatic carbocycles. The number of hydrogen-bond donors (Lipinski definition) is 1. The number of carbonyl (C=O) groups is 1. The van der Waals surface area contributed by atoms with E-state index in [0.717, 1.165) is 12.0 Å². The van der Waals surface area contributed by atoms with E-state index in [4.69, 9.17) is 0 Å². The van der Waals surface area contributed by atoms with Gasteiger partial charge in [-0.15, -0.1) is 0 Å². The summed E-state index contributed by atoms with van der Waals surface area (Å²) >= 11 is 0. The van der Waals surface area contributed by atoms with Crippen LogP contribution in [0.25, 0.3) is 0 Å². The Kier molecular flexibility index (Phi) is 3.96. The third-order valence-electron chi connectivity index (χ3n) is 1.79. The van der Waals surface area contributed by atoms with Gasteiger partial charge in [0.2, 0.25) is 6.41 Å². The number of nitrogens with one attached hydrogen (secondary N) is 1. The Labute approximate surface area is 76.8 Å². The zero-order valence-electron chi connectivity index (χ0n) is 7.29. The lowest BCUT2D eigenvalue weighted by molar-refractivity contribution is -0.109. The van der Waals surface area contributed by atoms with Crippen LogP contribution in [0, 0.1) is 0 Å². The van der Waals surface area contributed by atoms with Crippen LogP contribution in [0.3, 0.4) is 0 Å². The molecular formula is C10H12FNO. The summed E-state index contributed by atoms with van der Waals surface area (Å²) in [6, 6.07) is 0. The normalized spacial score (nSPS) is 15.8. The van der Waals surface area contributed by atoms with Crippen LogP contribution in [0.1, 0.15) is 12.8 Å². The zero-order valence-corrected chi connectivity index (χ0v) is 7.29. The molecule has 0 saturated heterocycles. The standard InChI is InChI=1S/C10H12FNO/c11-10-3-1-2-9(4-5-10)6-7-12-8-13/h2-5,8H,1,6-7H2,(H,12,13). The van der Waals surface area contributed by atoms with Gasteiger partial charge < -0.3 is 5.32 Å². The zero-order chi connectivity index (χ0) is 9.52. The first-order chi connectivity index (χ1) is 6.33. The molecule has 0 saturated carbocycles. The molecule has 0 aromatic carbocycles. The fourth-order valence-corrected chi connectivity index (χ4v) is 1.11. The summed E-state index contributed by atoms with van der Waals surface area (Å²) < 4.78 is 12.7. The van der Waals surface area contributed by atoms with Crippen molar-refractivity contribution >= 4 is 6.41 Å². The van der Waals surface area contributed by atoms with E-state index in [2.05, 4.69) is 5.32 Å². The molecule has 0 unspecified atom stereocenters. The minimum absolute atomic E-state index is 0.199. The number of halogens is 1. The largest absolute Gasteiger partial charge is 0.358 e. The molecule has 1 amide bonds. The monoisotopic (exact) mass is 181 g/mol. The van der Waals surface area contributed by atoms with Crippen LogP contribution in [0.4, 0.5) is 4.39 Å². The van der Waals surface area contributed by atoms with Crippen molar-refractivity contribution < 1.29 is 9.18 Å². The predicted molar refractivity (Wildman–Crippen MR) is 49.7 cm³/mol. The first kappa shape index (κ1) is 9.71. The molecule has 0 bridgehead atoms. The number of amides is 1. The summed E-state index contributed by atoms with van der Waals surface area (Å²) in [6.07, 6.45) is 8.70. The molecule has 1 N–H and O–H groups in total. The summed E-state index contributed by atoms with van der Waals surface area (Å²) in [5.74, 6) is -0.199. The first-order valence-electron chi connectivity index (χ1n) is 4.22. The maximum Gasteiger partial charge on any atom is 0.207 e. The van der Waals surface area contributed by atoms with Crippen molar-refractivity contribution in [3.8, 4) is 0 Å². The van der Waals surface area contributed by atoms with E-state index in [1.807, 2.05) is 6.08 Å². The minimum atomic E-state index is -0.199. The number of rotatable bonds is 4. The molecule has 0 aliphatic heterocycles. The van der Waals surface area contributed by atoms with Gasteiger partial charge in [0.25, 0.3) is 0 Å². The van der Waals surface area contributed by atoms with E-state index in [1.165, 1.54) is 12.2 Å². The third-order valence-corrected chi connectivity index (χ3v) is 1.79. The van der Waals surface area contributed by atoms with Gasteiger partial charge in [0.15, 0.2) is 0 Å². The highest BCUT2D eigenvalue weighted by atomic mass is 19.1.